The zero-order valence-electron chi connectivity index (χ0n) is 21.4. The van der Waals surface area contributed by atoms with E-state index in [1.54, 1.807) is 12.4 Å². The molecule has 0 amide bonds. The molecule has 3 aromatic heterocycles. The second kappa shape index (κ2) is 10.5. The van der Waals surface area contributed by atoms with Crippen molar-refractivity contribution in [2.45, 2.75) is 44.5 Å². The van der Waals surface area contributed by atoms with Gasteiger partial charge in [0, 0.05) is 23.7 Å². The summed E-state index contributed by atoms with van der Waals surface area (Å²) in [5.74, 6) is -0.689. The van der Waals surface area contributed by atoms with E-state index in [4.69, 9.17) is 4.74 Å². The van der Waals surface area contributed by atoms with E-state index in [2.05, 4.69) is 37.3 Å². The lowest BCUT2D eigenvalue weighted by atomic mass is 9.96. The minimum Gasteiger partial charge on any atom is -0.487 e. The van der Waals surface area contributed by atoms with Crippen molar-refractivity contribution >= 4 is 21.9 Å². The summed E-state index contributed by atoms with van der Waals surface area (Å²) in [6, 6.07) is 12.3. The van der Waals surface area contributed by atoms with E-state index < -0.39 is 12.1 Å². The zero-order valence-corrected chi connectivity index (χ0v) is 21.4. The number of ether oxygens (including phenoxy) is 1. The number of pyridine rings is 2. The van der Waals surface area contributed by atoms with Crippen LogP contribution in [-0.2, 0) is 6.54 Å². The molecule has 2 aliphatic rings. The molecule has 1 aromatic carbocycles. The molecule has 0 aliphatic carbocycles. The Hall–Kier alpha value is -3.68. The summed E-state index contributed by atoms with van der Waals surface area (Å²) in [7, 11) is 0. The Bertz CT molecular complexity index is 1510. The molecule has 2 saturated heterocycles. The number of rotatable bonds is 5. The van der Waals surface area contributed by atoms with Gasteiger partial charge in [0.15, 0.2) is 11.4 Å². The van der Waals surface area contributed by atoms with Crippen molar-refractivity contribution in [1.82, 2.24) is 25.2 Å². The van der Waals surface area contributed by atoms with Gasteiger partial charge < -0.3 is 15.0 Å². The number of likely N-dealkylation sites (tertiary alicyclic amines) is 1. The summed E-state index contributed by atoms with van der Waals surface area (Å²) in [6.07, 6.45) is 1.41. The van der Waals surface area contributed by atoms with E-state index in [1.165, 1.54) is 0 Å². The largest absolute Gasteiger partial charge is 0.487 e. The number of fused-ring (bicyclic) bond motifs is 3. The Labute approximate surface area is 224 Å². The van der Waals surface area contributed by atoms with Crippen LogP contribution in [0.25, 0.3) is 33.1 Å². The van der Waals surface area contributed by atoms with Gasteiger partial charge in [-0.25, -0.2) is 9.97 Å². The lowest BCUT2D eigenvalue weighted by Crippen LogP contribution is -2.38. The van der Waals surface area contributed by atoms with Crippen LogP contribution in [0.5, 0.6) is 5.75 Å². The van der Waals surface area contributed by atoms with E-state index in [0.29, 0.717) is 31.0 Å². The lowest BCUT2D eigenvalue weighted by Gasteiger charge is -2.32. The van der Waals surface area contributed by atoms with Gasteiger partial charge in [-0.2, -0.15) is 18.4 Å². The van der Waals surface area contributed by atoms with Gasteiger partial charge in [-0.3, -0.25) is 4.90 Å². The molecule has 6 rings (SSSR count). The molecule has 0 unspecified atom stereocenters. The van der Waals surface area contributed by atoms with Crippen LogP contribution >= 0.6 is 0 Å². The Morgan fingerprint density at radius 2 is 1.74 bits per heavy atom. The highest BCUT2D eigenvalue weighted by Crippen LogP contribution is 2.37. The van der Waals surface area contributed by atoms with Gasteiger partial charge in [0.2, 0.25) is 0 Å². The first kappa shape index (κ1) is 25.6. The number of hydrogen-bond acceptors (Lipinski definition) is 6. The molecule has 5 heterocycles. The zero-order chi connectivity index (χ0) is 27.0. The number of aromatic amines is 1. The van der Waals surface area contributed by atoms with Gasteiger partial charge in [-0.15, -0.1) is 0 Å². The highest BCUT2D eigenvalue weighted by atomic mass is 19.4. The molecular weight excluding hydrogens is 505 g/mol. The Morgan fingerprint density at radius 1 is 1.00 bits per heavy atom. The van der Waals surface area contributed by atoms with Crippen LogP contribution in [0.3, 0.4) is 0 Å². The first-order valence-corrected chi connectivity index (χ1v) is 13.4. The Morgan fingerprint density at radius 3 is 2.44 bits per heavy atom. The quantitative estimate of drug-likeness (QED) is 0.349. The molecule has 10 heteroatoms. The minimum atomic E-state index is -4.10. The predicted octanol–water partition coefficient (Wildman–Crippen LogP) is 5.55. The number of halogens is 3. The van der Waals surface area contributed by atoms with Gasteiger partial charge in [0.25, 0.3) is 0 Å². The van der Waals surface area contributed by atoms with E-state index in [-0.39, 0.29) is 24.6 Å². The van der Waals surface area contributed by atoms with Gasteiger partial charge in [-0.05, 0) is 69.1 Å². The summed E-state index contributed by atoms with van der Waals surface area (Å²) in [5.41, 5.74) is 4.68. The lowest BCUT2D eigenvalue weighted by molar-refractivity contribution is -0.185. The molecule has 0 atom stereocenters. The molecule has 7 nitrogen and oxygen atoms in total. The number of aromatic nitrogens is 3. The average Bonchev–Trinajstić information content (AvgIpc) is 3.32. The fourth-order valence-corrected chi connectivity index (χ4v) is 5.65. The second-order valence-electron chi connectivity index (χ2n) is 10.4. The van der Waals surface area contributed by atoms with Gasteiger partial charge in [0.05, 0.1) is 23.0 Å². The van der Waals surface area contributed by atoms with E-state index >= 15 is 0 Å². The fourth-order valence-electron chi connectivity index (χ4n) is 5.65. The maximum atomic E-state index is 13.0. The van der Waals surface area contributed by atoms with Crippen LogP contribution < -0.4 is 10.1 Å². The third kappa shape index (κ3) is 5.29. The smallest absolute Gasteiger partial charge is 0.391 e. The first-order chi connectivity index (χ1) is 18.9. The van der Waals surface area contributed by atoms with Crippen molar-refractivity contribution in [1.29, 1.82) is 5.26 Å². The molecule has 202 valence electrons. The molecule has 0 radical (unpaired) electrons. The molecule has 2 N–H and O–H groups in total. The van der Waals surface area contributed by atoms with Crippen molar-refractivity contribution in [2.24, 2.45) is 5.92 Å². The van der Waals surface area contributed by atoms with Crippen LogP contribution in [0.15, 0.2) is 42.7 Å². The Balaban J connectivity index is 1.25. The summed E-state index contributed by atoms with van der Waals surface area (Å²) in [4.78, 5) is 14.4. The van der Waals surface area contributed by atoms with Crippen molar-refractivity contribution in [3.8, 4) is 22.9 Å². The highest BCUT2D eigenvalue weighted by molar-refractivity contribution is 6.10. The summed E-state index contributed by atoms with van der Waals surface area (Å²) in [5, 5.41) is 14.8. The van der Waals surface area contributed by atoms with E-state index in [1.807, 2.05) is 24.3 Å². The molecule has 2 fully saturated rings. The van der Waals surface area contributed by atoms with Crippen LogP contribution in [0.2, 0.25) is 0 Å². The minimum absolute atomic E-state index is 0.0126. The predicted molar refractivity (Wildman–Crippen MR) is 142 cm³/mol. The van der Waals surface area contributed by atoms with Crippen LogP contribution in [-0.4, -0.2) is 58.3 Å². The normalized spacial score (nSPS) is 18.0. The molecule has 2 aliphatic heterocycles. The number of piperidine rings is 2. The summed E-state index contributed by atoms with van der Waals surface area (Å²) < 4.78 is 45.3. The first-order valence-electron chi connectivity index (χ1n) is 13.4. The molecule has 4 aromatic rings. The second-order valence-corrected chi connectivity index (χ2v) is 10.4. The van der Waals surface area contributed by atoms with E-state index in [0.717, 1.165) is 58.9 Å². The average molecular weight is 535 g/mol. The van der Waals surface area contributed by atoms with Crippen LogP contribution in [0.4, 0.5) is 13.2 Å². The number of nitrogens with one attached hydrogen (secondary N) is 2. The Kier molecular flexibility index (Phi) is 6.87. The fraction of sp³-hybridized carbons (Fsp3) is 0.414. The van der Waals surface area contributed by atoms with Crippen LogP contribution in [0.1, 0.15) is 36.9 Å². The monoisotopic (exact) mass is 534 g/mol. The molecule has 0 spiro atoms. The third-order valence-electron chi connectivity index (χ3n) is 7.86. The molecule has 39 heavy (non-hydrogen) atoms. The maximum absolute atomic E-state index is 13.0. The number of benzene rings is 1. The SMILES string of the molecule is N#Cc1ncc2[nH]c3ncc(-c4ccc(CN5CCC(C(F)(F)F)CC5)cc4)cc3c2c1OC1CCNCC1. The van der Waals surface area contributed by atoms with Crippen molar-refractivity contribution < 1.29 is 17.9 Å². The summed E-state index contributed by atoms with van der Waals surface area (Å²) in [6.45, 7) is 3.28. The number of alkyl halides is 3. The third-order valence-corrected chi connectivity index (χ3v) is 7.86. The molecular formula is C29H29F3N6O. The summed E-state index contributed by atoms with van der Waals surface area (Å²) >= 11 is 0. The van der Waals surface area contributed by atoms with Gasteiger partial charge >= 0.3 is 6.18 Å². The number of hydrogen-bond donors (Lipinski definition) is 2. The van der Waals surface area contributed by atoms with Gasteiger partial charge in [0.1, 0.15) is 17.8 Å². The standard InChI is InChI=1S/C29H29F3N6O/c30-29(31,32)21-7-11-38(12-8-21)17-18-1-3-19(4-2-18)20-13-23-26-25(37-28(23)36-15-20)16-35-24(14-33)27(26)39-22-5-9-34-10-6-22/h1-4,13,15-16,21-22,34H,5-12,17H2,(H,36,37). The molecule has 0 bridgehead atoms. The number of H-pyrrole nitrogens is 1. The molecule has 0 saturated carbocycles. The highest BCUT2D eigenvalue weighted by Gasteiger charge is 2.40. The number of nitriles is 1. The topological polar surface area (TPSA) is 89.9 Å². The van der Waals surface area contributed by atoms with Crippen LogP contribution in [0, 0.1) is 17.2 Å². The number of nitrogens with zero attached hydrogens (tertiary/aromatic N) is 4. The van der Waals surface area contributed by atoms with Crippen molar-refractivity contribution in [3.63, 3.8) is 0 Å². The van der Waals surface area contributed by atoms with Crippen molar-refractivity contribution in [2.75, 3.05) is 26.2 Å². The van der Waals surface area contributed by atoms with Crippen molar-refractivity contribution in [3.05, 3.63) is 54.0 Å². The van der Waals surface area contributed by atoms with Gasteiger partial charge in [-0.1, -0.05) is 24.3 Å². The van der Waals surface area contributed by atoms with E-state index in [9.17, 15) is 18.4 Å². The maximum Gasteiger partial charge on any atom is 0.391 e.